The van der Waals surface area contributed by atoms with Crippen LogP contribution in [0, 0.1) is 12.7 Å². The van der Waals surface area contributed by atoms with Crippen LogP contribution < -0.4 is 10.6 Å². The predicted molar refractivity (Wildman–Crippen MR) is 105 cm³/mol. The molecule has 1 heterocycles. The van der Waals surface area contributed by atoms with Crippen molar-refractivity contribution in [3.05, 3.63) is 82.4 Å². The van der Waals surface area contributed by atoms with Crippen molar-refractivity contribution < 1.29 is 9.18 Å². The van der Waals surface area contributed by atoms with Crippen LogP contribution in [-0.4, -0.2) is 22.4 Å². The number of hydrogen-bond donors (Lipinski definition) is 2. The number of hydrogen-bond acceptors (Lipinski definition) is 4. The molecule has 138 valence electrons. The summed E-state index contributed by atoms with van der Waals surface area (Å²) in [5, 5.41) is 6.42. The van der Waals surface area contributed by atoms with Gasteiger partial charge < -0.3 is 10.6 Å². The topological polar surface area (TPSA) is 66.9 Å². The van der Waals surface area contributed by atoms with Gasteiger partial charge in [0, 0.05) is 23.5 Å². The largest absolute Gasteiger partial charge is 0.354 e. The van der Waals surface area contributed by atoms with Crippen LogP contribution >= 0.6 is 11.6 Å². The molecule has 0 aliphatic heterocycles. The van der Waals surface area contributed by atoms with Gasteiger partial charge >= 0.3 is 0 Å². The number of anilines is 2. The van der Waals surface area contributed by atoms with Crippen molar-refractivity contribution >= 4 is 29.1 Å². The predicted octanol–water partition coefficient (Wildman–Crippen LogP) is 4.48. The first-order valence-corrected chi connectivity index (χ1v) is 8.78. The first-order chi connectivity index (χ1) is 13.0. The van der Waals surface area contributed by atoms with Gasteiger partial charge in [-0.25, -0.2) is 14.4 Å². The van der Waals surface area contributed by atoms with Gasteiger partial charge in [-0.15, -0.1) is 0 Å². The summed E-state index contributed by atoms with van der Waals surface area (Å²) >= 11 is 5.93. The Balaban J connectivity index is 1.62. The van der Waals surface area contributed by atoms with Crippen molar-refractivity contribution in [2.24, 2.45) is 0 Å². The highest BCUT2D eigenvalue weighted by atomic mass is 35.5. The Labute approximate surface area is 161 Å². The second-order valence-electron chi connectivity index (χ2n) is 5.95. The Kier molecular flexibility index (Phi) is 5.98. The zero-order valence-electron chi connectivity index (χ0n) is 14.7. The van der Waals surface area contributed by atoms with E-state index in [4.69, 9.17) is 11.6 Å². The molecule has 0 fully saturated rings. The summed E-state index contributed by atoms with van der Waals surface area (Å²) in [7, 11) is 0. The smallest absolute Gasteiger partial charge is 0.274 e. The molecule has 2 N–H and O–H groups in total. The van der Waals surface area contributed by atoms with Crippen LogP contribution in [0.25, 0.3) is 0 Å². The summed E-state index contributed by atoms with van der Waals surface area (Å²) in [5.74, 6) is -0.279. The standard InChI is InChI=1S/C20H18ClFN4O/c1-13-12-15(21)6-7-17(13)25-19(27)18-9-11-24-20(26-18)23-10-8-14-4-2-3-5-16(14)22/h2-7,9,11-12H,8,10H2,1H3,(H,25,27)(H,23,24,26). The molecule has 0 bridgehead atoms. The molecule has 0 unspecified atom stereocenters. The van der Waals surface area contributed by atoms with E-state index < -0.39 is 0 Å². The van der Waals surface area contributed by atoms with E-state index in [1.807, 2.05) is 6.92 Å². The molecule has 7 heteroatoms. The molecular formula is C20H18ClFN4O. The zero-order chi connectivity index (χ0) is 19.2. The lowest BCUT2D eigenvalue weighted by Crippen LogP contribution is -2.16. The van der Waals surface area contributed by atoms with Gasteiger partial charge in [0.15, 0.2) is 0 Å². The quantitative estimate of drug-likeness (QED) is 0.657. The van der Waals surface area contributed by atoms with Gasteiger partial charge in [-0.3, -0.25) is 4.79 Å². The minimum absolute atomic E-state index is 0.229. The number of carbonyl (C=O) groups excluding carboxylic acids is 1. The van der Waals surface area contributed by atoms with Gasteiger partial charge in [-0.05, 0) is 54.8 Å². The lowest BCUT2D eigenvalue weighted by atomic mass is 10.1. The van der Waals surface area contributed by atoms with E-state index in [-0.39, 0.29) is 17.4 Å². The normalized spacial score (nSPS) is 10.5. The fourth-order valence-electron chi connectivity index (χ4n) is 2.53. The Hall–Kier alpha value is -2.99. The number of nitrogens with one attached hydrogen (secondary N) is 2. The lowest BCUT2D eigenvalue weighted by Gasteiger charge is -2.09. The van der Waals surface area contributed by atoms with Crippen molar-refractivity contribution in [3.63, 3.8) is 0 Å². The van der Waals surface area contributed by atoms with Crippen molar-refractivity contribution in [2.75, 3.05) is 17.2 Å². The van der Waals surface area contributed by atoms with Crippen LogP contribution in [0.3, 0.4) is 0 Å². The Bertz CT molecular complexity index is 964. The molecule has 0 aliphatic rings. The Morgan fingerprint density at radius 3 is 2.78 bits per heavy atom. The number of halogens is 2. The van der Waals surface area contributed by atoms with Crippen LogP contribution in [0.5, 0.6) is 0 Å². The summed E-state index contributed by atoms with van der Waals surface area (Å²) in [6.45, 7) is 2.31. The third-order valence-corrected chi connectivity index (χ3v) is 4.20. The summed E-state index contributed by atoms with van der Waals surface area (Å²) in [6, 6.07) is 13.4. The van der Waals surface area contributed by atoms with Crippen molar-refractivity contribution in [1.82, 2.24) is 9.97 Å². The summed E-state index contributed by atoms with van der Waals surface area (Å²) in [5.41, 5.74) is 2.36. The molecule has 1 amide bonds. The van der Waals surface area contributed by atoms with Crippen LogP contribution in [-0.2, 0) is 6.42 Å². The second-order valence-corrected chi connectivity index (χ2v) is 6.38. The average Bonchev–Trinajstić information content (AvgIpc) is 2.66. The highest BCUT2D eigenvalue weighted by Crippen LogP contribution is 2.20. The number of rotatable bonds is 6. The third-order valence-electron chi connectivity index (χ3n) is 3.96. The molecule has 3 aromatic rings. The summed E-state index contributed by atoms with van der Waals surface area (Å²) < 4.78 is 13.6. The molecule has 0 aliphatic carbocycles. The summed E-state index contributed by atoms with van der Waals surface area (Å²) in [6.07, 6.45) is 1.98. The minimum Gasteiger partial charge on any atom is -0.354 e. The van der Waals surface area contributed by atoms with Gasteiger partial charge in [0.25, 0.3) is 5.91 Å². The molecule has 0 saturated carbocycles. The van der Waals surface area contributed by atoms with Gasteiger partial charge in [0.2, 0.25) is 5.95 Å². The van der Waals surface area contributed by atoms with Crippen molar-refractivity contribution in [3.8, 4) is 0 Å². The SMILES string of the molecule is Cc1cc(Cl)ccc1NC(=O)c1ccnc(NCCc2ccccc2F)n1. The van der Waals surface area contributed by atoms with E-state index in [0.717, 1.165) is 5.56 Å². The molecule has 27 heavy (non-hydrogen) atoms. The highest BCUT2D eigenvalue weighted by Gasteiger charge is 2.11. The maximum atomic E-state index is 13.6. The van der Waals surface area contributed by atoms with Crippen LogP contribution in [0.2, 0.25) is 5.02 Å². The second kappa shape index (κ2) is 8.60. The van der Waals surface area contributed by atoms with Crippen molar-refractivity contribution in [1.29, 1.82) is 0 Å². The molecule has 2 aromatic carbocycles. The Morgan fingerprint density at radius 2 is 2.00 bits per heavy atom. The van der Waals surface area contributed by atoms with E-state index in [9.17, 15) is 9.18 Å². The fraction of sp³-hybridized carbons (Fsp3) is 0.150. The van der Waals surface area contributed by atoms with Gasteiger partial charge in [0.05, 0.1) is 0 Å². The fourth-order valence-corrected chi connectivity index (χ4v) is 2.76. The maximum absolute atomic E-state index is 13.6. The maximum Gasteiger partial charge on any atom is 0.274 e. The first-order valence-electron chi connectivity index (χ1n) is 8.41. The van der Waals surface area contributed by atoms with E-state index in [0.29, 0.717) is 35.2 Å². The van der Waals surface area contributed by atoms with Crippen LogP contribution in [0.15, 0.2) is 54.7 Å². The first kappa shape index (κ1) is 18.8. The molecule has 3 rings (SSSR count). The number of nitrogens with zero attached hydrogens (tertiary/aromatic N) is 2. The Morgan fingerprint density at radius 1 is 1.19 bits per heavy atom. The van der Waals surface area contributed by atoms with Crippen molar-refractivity contribution in [2.45, 2.75) is 13.3 Å². The molecule has 5 nitrogen and oxygen atoms in total. The van der Waals surface area contributed by atoms with E-state index in [2.05, 4.69) is 20.6 Å². The van der Waals surface area contributed by atoms with Crippen LogP contribution in [0.4, 0.5) is 16.0 Å². The van der Waals surface area contributed by atoms with Gasteiger partial charge in [-0.2, -0.15) is 0 Å². The number of benzene rings is 2. The summed E-state index contributed by atoms with van der Waals surface area (Å²) in [4.78, 5) is 20.7. The molecule has 0 saturated heterocycles. The minimum atomic E-state index is -0.347. The number of aromatic nitrogens is 2. The molecule has 0 spiro atoms. The van der Waals surface area contributed by atoms with Gasteiger partial charge in [0.1, 0.15) is 11.5 Å². The monoisotopic (exact) mass is 384 g/mol. The molecular weight excluding hydrogens is 367 g/mol. The van der Waals surface area contributed by atoms with Crippen LogP contribution in [0.1, 0.15) is 21.6 Å². The van der Waals surface area contributed by atoms with E-state index in [1.54, 1.807) is 36.4 Å². The van der Waals surface area contributed by atoms with Gasteiger partial charge in [-0.1, -0.05) is 29.8 Å². The number of amides is 1. The van der Waals surface area contributed by atoms with E-state index >= 15 is 0 Å². The third kappa shape index (κ3) is 5.01. The molecule has 0 atom stereocenters. The number of aryl methyl sites for hydroxylation is 1. The molecule has 0 radical (unpaired) electrons. The highest BCUT2D eigenvalue weighted by molar-refractivity contribution is 6.30. The number of carbonyl (C=O) groups is 1. The van der Waals surface area contributed by atoms with E-state index in [1.165, 1.54) is 18.3 Å². The molecule has 1 aromatic heterocycles. The lowest BCUT2D eigenvalue weighted by molar-refractivity contribution is 0.102. The average molecular weight is 385 g/mol. The zero-order valence-corrected chi connectivity index (χ0v) is 15.4.